The maximum atomic E-state index is 13.1. The number of carbonyl (C=O) groups excluding carboxylic acids is 3. The van der Waals surface area contributed by atoms with Crippen molar-refractivity contribution in [2.24, 2.45) is 0 Å². The molecule has 1 aliphatic heterocycles. The van der Waals surface area contributed by atoms with Crippen molar-refractivity contribution in [3.05, 3.63) is 83.6 Å². The minimum absolute atomic E-state index is 0.110. The van der Waals surface area contributed by atoms with Crippen LogP contribution in [-0.4, -0.2) is 17.8 Å². The number of imide groups is 2. The maximum Gasteiger partial charge on any atom is 0.335 e. The number of benzene rings is 2. The summed E-state index contributed by atoms with van der Waals surface area (Å²) in [7, 11) is 0. The Balaban J connectivity index is 1.66. The van der Waals surface area contributed by atoms with Gasteiger partial charge in [-0.05, 0) is 66.7 Å². The molecule has 29 heavy (non-hydrogen) atoms. The van der Waals surface area contributed by atoms with Crippen LogP contribution in [0.3, 0.4) is 0 Å². The lowest BCUT2D eigenvalue weighted by Gasteiger charge is -2.26. The van der Waals surface area contributed by atoms with E-state index in [-0.39, 0.29) is 17.0 Å². The van der Waals surface area contributed by atoms with Crippen LogP contribution in [0.5, 0.6) is 0 Å². The molecule has 1 aromatic heterocycles. The Kier molecular flexibility index (Phi) is 4.52. The van der Waals surface area contributed by atoms with E-state index in [0.29, 0.717) is 11.3 Å². The normalized spacial score (nSPS) is 15.7. The van der Waals surface area contributed by atoms with Crippen LogP contribution in [0.1, 0.15) is 5.76 Å². The van der Waals surface area contributed by atoms with Crippen LogP contribution in [0, 0.1) is 11.6 Å². The summed E-state index contributed by atoms with van der Waals surface area (Å²) in [5.74, 6) is -2.07. The van der Waals surface area contributed by atoms with Crippen molar-refractivity contribution < 1.29 is 27.6 Å². The van der Waals surface area contributed by atoms with Crippen molar-refractivity contribution in [3.8, 4) is 11.3 Å². The van der Waals surface area contributed by atoms with Gasteiger partial charge in [0, 0.05) is 5.56 Å². The van der Waals surface area contributed by atoms with Gasteiger partial charge < -0.3 is 4.42 Å². The van der Waals surface area contributed by atoms with Gasteiger partial charge in [-0.2, -0.15) is 0 Å². The first-order valence-corrected chi connectivity index (χ1v) is 8.45. The van der Waals surface area contributed by atoms with Crippen LogP contribution in [0.4, 0.5) is 19.3 Å². The van der Waals surface area contributed by atoms with Crippen molar-refractivity contribution in [2.45, 2.75) is 0 Å². The summed E-state index contributed by atoms with van der Waals surface area (Å²) in [6.45, 7) is 0. The van der Waals surface area contributed by atoms with E-state index in [2.05, 4.69) is 5.32 Å². The second-order valence-electron chi connectivity index (χ2n) is 6.14. The third kappa shape index (κ3) is 3.55. The van der Waals surface area contributed by atoms with Crippen molar-refractivity contribution in [3.63, 3.8) is 0 Å². The van der Waals surface area contributed by atoms with Crippen molar-refractivity contribution >= 4 is 29.6 Å². The summed E-state index contributed by atoms with van der Waals surface area (Å²) in [5.41, 5.74) is 0.395. The zero-order valence-corrected chi connectivity index (χ0v) is 14.7. The van der Waals surface area contributed by atoms with Crippen LogP contribution in [0.2, 0.25) is 0 Å². The van der Waals surface area contributed by atoms with Gasteiger partial charge in [0.05, 0.1) is 5.69 Å². The highest BCUT2D eigenvalue weighted by atomic mass is 19.1. The van der Waals surface area contributed by atoms with E-state index in [1.807, 2.05) is 0 Å². The van der Waals surface area contributed by atoms with Crippen LogP contribution >= 0.6 is 0 Å². The van der Waals surface area contributed by atoms with Gasteiger partial charge in [-0.3, -0.25) is 14.9 Å². The van der Waals surface area contributed by atoms with E-state index >= 15 is 0 Å². The molecular formula is C21H12F2N2O4. The highest BCUT2D eigenvalue weighted by Crippen LogP contribution is 2.26. The molecule has 0 aliphatic carbocycles. The first-order chi connectivity index (χ1) is 13.9. The molecule has 1 saturated heterocycles. The first kappa shape index (κ1) is 18.3. The fourth-order valence-corrected chi connectivity index (χ4v) is 2.82. The van der Waals surface area contributed by atoms with Gasteiger partial charge in [-0.1, -0.05) is 0 Å². The number of carbonyl (C=O) groups is 3. The van der Waals surface area contributed by atoms with Crippen LogP contribution in [-0.2, 0) is 9.59 Å². The maximum absolute atomic E-state index is 13.1. The summed E-state index contributed by atoms with van der Waals surface area (Å²) in [6, 6.07) is 12.5. The highest BCUT2D eigenvalue weighted by molar-refractivity contribution is 6.39. The second kappa shape index (κ2) is 7.16. The Morgan fingerprint density at radius 1 is 0.828 bits per heavy atom. The van der Waals surface area contributed by atoms with Gasteiger partial charge in [-0.25, -0.2) is 18.5 Å². The van der Waals surface area contributed by atoms with Crippen LogP contribution in [0.25, 0.3) is 17.4 Å². The zero-order valence-electron chi connectivity index (χ0n) is 14.7. The number of halogens is 2. The molecule has 2 heterocycles. The monoisotopic (exact) mass is 394 g/mol. The predicted octanol–water partition coefficient (Wildman–Crippen LogP) is 3.89. The largest absolute Gasteiger partial charge is 0.457 e. The molecule has 3 aromatic rings. The lowest BCUT2D eigenvalue weighted by atomic mass is 10.1. The predicted molar refractivity (Wildman–Crippen MR) is 99.5 cm³/mol. The van der Waals surface area contributed by atoms with Crippen molar-refractivity contribution in [1.82, 2.24) is 5.32 Å². The average Bonchev–Trinajstić information content (AvgIpc) is 3.16. The minimum Gasteiger partial charge on any atom is -0.457 e. The lowest BCUT2D eigenvalue weighted by molar-refractivity contribution is -0.122. The quantitative estimate of drug-likeness (QED) is 0.540. The molecule has 1 N–H and O–H groups in total. The molecule has 8 heteroatoms. The Labute approximate surface area is 163 Å². The number of hydrogen-bond donors (Lipinski definition) is 1. The summed E-state index contributed by atoms with van der Waals surface area (Å²) < 4.78 is 31.8. The molecule has 1 fully saturated rings. The van der Waals surface area contributed by atoms with Crippen molar-refractivity contribution in [1.29, 1.82) is 0 Å². The molecule has 0 radical (unpaired) electrons. The van der Waals surface area contributed by atoms with Crippen molar-refractivity contribution in [2.75, 3.05) is 4.90 Å². The Hall–Kier alpha value is -4.07. The number of amides is 4. The zero-order chi connectivity index (χ0) is 20.5. The molecule has 144 valence electrons. The number of urea groups is 1. The average molecular weight is 394 g/mol. The van der Waals surface area contributed by atoms with Gasteiger partial charge >= 0.3 is 6.03 Å². The molecule has 2 aromatic carbocycles. The first-order valence-electron chi connectivity index (χ1n) is 8.45. The van der Waals surface area contributed by atoms with E-state index in [9.17, 15) is 23.2 Å². The highest BCUT2D eigenvalue weighted by Gasteiger charge is 2.37. The number of nitrogens with one attached hydrogen (secondary N) is 1. The Morgan fingerprint density at radius 2 is 1.45 bits per heavy atom. The van der Waals surface area contributed by atoms with E-state index in [1.165, 1.54) is 48.5 Å². The number of nitrogens with zero attached hydrogens (tertiary/aromatic N) is 1. The molecule has 0 atom stereocenters. The third-order valence-electron chi connectivity index (χ3n) is 4.23. The van der Waals surface area contributed by atoms with E-state index < -0.39 is 29.5 Å². The molecular weight excluding hydrogens is 382 g/mol. The number of furan rings is 1. The molecule has 1 aliphatic rings. The molecule has 4 rings (SSSR count). The standard InChI is InChI=1S/C21H12F2N2O4/c22-13-3-1-12(2-4-13)18-10-9-16(29-18)11-17-19(26)24-21(28)25(20(17)27)15-7-5-14(23)6-8-15/h1-11H,(H,24,26,28)/b17-11-. The fraction of sp³-hybridized carbons (Fsp3) is 0. The fourth-order valence-electron chi connectivity index (χ4n) is 2.82. The smallest absolute Gasteiger partial charge is 0.335 e. The van der Waals surface area contributed by atoms with Gasteiger partial charge in [0.2, 0.25) is 0 Å². The number of hydrogen-bond acceptors (Lipinski definition) is 4. The molecule has 0 bridgehead atoms. The van der Waals surface area contributed by atoms with E-state index in [4.69, 9.17) is 4.42 Å². The minimum atomic E-state index is -0.935. The summed E-state index contributed by atoms with van der Waals surface area (Å²) >= 11 is 0. The number of anilines is 1. The lowest BCUT2D eigenvalue weighted by Crippen LogP contribution is -2.54. The molecule has 0 saturated carbocycles. The van der Waals surface area contributed by atoms with Gasteiger partial charge in [0.25, 0.3) is 11.8 Å². The summed E-state index contributed by atoms with van der Waals surface area (Å²) in [4.78, 5) is 37.8. The van der Waals surface area contributed by atoms with E-state index in [1.54, 1.807) is 6.07 Å². The SMILES string of the molecule is O=C1NC(=O)N(c2ccc(F)cc2)C(=O)/C1=C\c1ccc(-c2ccc(F)cc2)o1. The Bertz CT molecular complexity index is 1150. The summed E-state index contributed by atoms with van der Waals surface area (Å²) in [5, 5.41) is 2.07. The van der Waals surface area contributed by atoms with Gasteiger partial charge in [-0.15, -0.1) is 0 Å². The second-order valence-corrected chi connectivity index (χ2v) is 6.14. The summed E-state index contributed by atoms with van der Waals surface area (Å²) in [6.07, 6.45) is 1.20. The van der Waals surface area contributed by atoms with Gasteiger partial charge in [0.1, 0.15) is 28.7 Å². The number of barbiturate groups is 1. The topological polar surface area (TPSA) is 79.6 Å². The van der Waals surface area contributed by atoms with Crippen LogP contribution < -0.4 is 10.2 Å². The molecule has 0 unspecified atom stereocenters. The number of rotatable bonds is 3. The molecule has 6 nitrogen and oxygen atoms in total. The van der Waals surface area contributed by atoms with Gasteiger partial charge in [0.15, 0.2) is 0 Å². The third-order valence-corrected chi connectivity index (χ3v) is 4.23. The van der Waals surface area contributed by atoms with E-state index in [0.717, 1.165) is 17.0 Å². The molecule has 0 spiro atoms. The molecule has 4 amide bonds. The Morgan fingerprint density at radius 3 is 2.10 bits per heavy atom. The van der Waals surface area contributed by atoms with Crippen LogP contribution in [0.15, 0.2) is 70.7 Å².